The number of rotatable bonds is 8. The number of nitrogens with one attached hydrogen (secondary N) is 1. The molecule has 1 saturated heterocycles. The lowest BCUT2D eigenvalue weighted by Gasteiger charge is -2.46. The van der Waals surface area contributed by atoms with Crippen LogP contribution in [0.15, 0.2) is 59.5 Å². The molecule has 0 radical (unpaired) electrons. The molecule has 1 heterocycles. The number of carbonyl (C=O) groups is 2. The first-order valence-corrected chi connectivity index (χ1v) is 11.5. The molecule has 2 aromatic carbocycles. The monoisotopic (exact) mass is 463 g/mol. The number of amides is 2. The maximum absolute atomic E-state index is 13.2. The van der Waals surface area contributed by atoms with Gasteiger partial charge in [0, 0.05) is 26.7 Å². The third-order valence-electron chi connectivity index (χ3n) is 5.45. The third kappa shape index (κ3) is 4.98. The minimum atomic E-state index is -3.98. The fraction of sp³-hybridized carbons (Fsp3) is 0.364. The molecule has 1 N–H and O–H groups in total. The normalized spacial score (nSPS) is 19.7. The van der Waals surface area contributed by atoms with Crippen LogP contribution in [-0.4, -0.2) is 68.3 Å². The molecule has 1 aliphatic heterocycles. The van der Waals surface area contributed by atoms with Crippen molar-refractivity contribution in [1.29, 1.82) is 0 Å². The van der Waals surface area contributed by atoms with Crippen LogP contribution in [0.4, 0.5) is 4.39 Å². The van der Waals surface area contributed by atoms with Crippen molar-refractivity contribution in [1.82, 2.24) is 14.5 Å². The Bertz CT molecular complexity index is 1060. The Balaban J connectivity index is 1.87. The first-order valence-electron chi connectivity index (χ1n) is 10.1. The van der Waals surface area contributed by atoms with Crippen LogP contribution in [0, 0.1) is 5.82 Å². The molecule has 32 heavy (non-hydrogen) atoms. The van der Waals surface area contributed by atoms with Gasteiger partial charge in [0.25, 0.3) is 0 Å². The molecule has 172 valence electrons. The van der Waals surface area contributed by atoms with E-state index in [1.807, 2.05) is 0 Å². The summed E-state index contributed by atoms with van der Waals surface area (Å²) in [4.78, 5) is 27.6. The predicted octanol–water partition coefficient (Wildman–Crippen LogP) is 1.38. The number of ether oxygens (including phenoxy) is 1. The lowest BCUT2D eigenvalue weighted by molar-refractivity contribution is -0.153. The molecule has 3 rings (SSSR count). The first kappa shape index (κ1) is 23.8. The van der Waals surface area contributed by atoms with Gasteiger partial charge in [-0.2, -0.15) is 4.31 Å². The number of nitrogens with zero attached hydrogens (tertiary/aromatic N) is 2. The van der Waals surface area contributed by atoms with E-state index in [4.69, 9.17) is 4.74 Å². The quantitative estimate of drug-likeness (QED) is 0.638. The van der Waals surface area contributed by atoms with Gasteiger partial charge in [-0.05, 0) is 36.8 Å². The third-order valence-corrected chi connectivity index (χ3v) is 7.25. The molecule has 1 fully saturated rings. The molecule has 8 nitrogen and oxygen atoms in total. The van der Waals surface area contributed by atoms with Gasteiger partial charge in [0.1, 0.15) is 11.4 Å². The van der Waals surface area contributed by atoms with Crippen molar-refractivity contribution in [3.05, 3.63) is 66.0 Å². The van der Waals surface area contributed by atoms with Crippen LogP contribution in [0.3, 0.4) is 0 Å². The second-order valence-electron chi connectivity index (χ2n) is 7.71. The Kier molecular flexibility index (Phi) is 7.27. The molecule has 2 aromatic rings. The maximum Gasteiger partial charge on any atom is 0.247 e. The Hall–Kier alpha value is -2.82. The lowest BCUT2D eigenvalue weighted by atomic mass is 9.95. The SMILES string of the molecule is COCCN1C(=O)CN(S(=O)(=O)c2ccccc2)C[C@]1(C)C(=O)NCc1ccc(F)cc1. The second-order valence-corrected chi connectivity index (χ2v) is 9.65. The summed E-state index contributed by atoms with van der Waals surface area (Å²) in [7, 11) is -2.50. The second kappa shape index (κ2) is 9.76. The summed E-state index contributed by atoms with van der Waals surface area (Å²) in [6, 6.07) is 13.4. The minimum absolute atomic E-state index is 0.0483. The first-order chi connectivity index (χ1) is 15.2. The summed E-state index contributed by atoms with van der Waals surface area (Å²) in [5, 5.41) is 2.75. The molecular weight excluding hydrogens is 437 g/mol. The Morgan fingerprint density at radius 1 is 1.16 bits per heavy atom. The number of halogens is 1. The summed E-state index contributed by atoms with van der Waals surface area (Å²) < 4.78 is 45.5. The summed E-state index contributed by atoms with van der Waals surface area (Å²) in [6.07, 6.45) is 0. The smallest absolute Gasteiger partial charge is 0.247 e. The van der Waals surface area contributed by atoms with Crippen molar-refractivity contribution in [2.75, 3.05) is 33.4 Å². The summed E-state index contributed by atoms with van der Waals surface area (Å²) in [5.74, 6) is -1.40. The standard InChI is InChI=1S/C22H26FN3O5S/c1-22(21(28)24-14-17-8-10-18(23)11-9-17)16-25(15-20(27)26(22)12-13-31-2)32(29,30)19-6-4-3-5-7-19/h3-11H,12-16H2,1-2H3,(H,24,28)/t22-/m1/s1. The van der Waals surface area contributed by atoms with Crippen molar-refractivity contribution in [2.24, 2.45) is 0 Å². The van der Waals surface area contributed by atoms with Crippen molar-refractivity contribution < 1.29 is 27.1 Å². The van der Waals surface area contributed by atoms with E-state index in [9.17, 15) is 22.4 Å². The number of methoxy groups -OCH3 is 1. The fourth-order valence-electron chi connectivity index (χ4n) is 3.63. The molecule has 0 spiro atoms. The zero-order valence-electron chi connectivity index (χ0n) is 18.0. The number of hydrogen-bond acceptors (Lipinski definition) is 5. The van der Waals surface area contributed by atoms with Gasteiger partial charge in [-0.1, -0.05) is 30.3 Å². The van der Waals surface area contributed by atoms with Gasteiger partial charge in [0.2, 0.25) is 21.8 Å². The molecule has 2 amide bonds. The van der Waals surface area contributed by atoms with E-state index < -0.39 is 33.2 Å². The minimum Gasteiger partial charge on any atom is -0.383 e. The molecule has 0 aliphatic carbocycles. The van der Waals surface area contributed by atoms with Gasteiger partial charge < -0.3 is 15.0 Å². The molecule has 1 atom stereocenters. The van der Waals surface area contributed by atoms with Gasteiger partial charge in [-0.15, -0.1) is 0 Å². The van der Waals surface area contributed by atoms with E-state index in [0.29, 0.717) is 5.56 Å². The largest absolute Gasteiger partial charge is 0.383 e. The highest BCUT2D eigenvalue weighted by Gasteiger charge is 2.50. The lowest BCUT2D eigenvalue weighted by Crippen LogP contribution is -2.70. The zero-order chi connectivity index (χ0) is 23.4. The van der Waals surface area contributed by atoms with Crippen LogP contribution in [-0.2, 0) is 30.9 Å². The molecule has 1 aliphatic rings. The van der Waals surface area contributed by atoms with Gasteiger partial charge in [0.15, 0.2) is 0 Å². The van der Waals surface area contributed by atoms with E-state index in [1.165, 1.54) is 43.2 Å². The van der Waals surface area contributed by atoms with E-state index in [1.54, 1.807) is 30.3 Å². The molecule has 10 heteroatoms. The Morgan fingerprint density at radius 2 is 1.81 bits per heavy atom. The van der Waals surface area contributed by atoms with Crippen molar-refractivity contribution in [3.63, 3.8) is 0 Å². The number of carbonyl (C=O) groups excluding carboxylic acids is 2. The van der Waals surface area contributed by atoms with Crippen LogP contribution in [0.5, 0.6) is 0 Å². The van der Waals surface area contributed by atoms with Crippen LogP contribution in [0.25, 0.3) is 0 Å². The highest BCUT2D eigenvalue weighted by atomic mass is 32.2. The summed E-state index contributed by atoms with van der Waals surface area (Å²) in [5.41, 5.74) is -0.793. The average molecular weight is 464 g/mol. The van der Waals surface area contributed by atoms with Crippen LogP contribution >= 0.6 is 0 Å². The van der Waals surface area contributed by atoms with Gasteiger partial charge in [0.05, 0.1) is 18.0 Å². The summed E-state index contributed by atoms with van der Waals surface area (Å²) in [6.45, 7) is 1.38. The van der Waals surface area contributed by atoms with Crippen LogP contribution < -0.4 is 5.32 Å². The Morgan fingerprint density at radius 3 is 2.44 bits per heavy atom. The average Bonchev–Trinajstić information content (AvgIpc) is 2.78. The maximum atomic E-state index is 13.2. The zero-order valence-corrected chi connectivity index (χ0v) is 18.8. The highest BCUT2D eigenvalue weighted by Crippen LogP contribution is 2.27. The topological polar surface area (TPSA) is 96.0 Å². The van der Waals surface area contributed by atoms with Crippen molar-refractivity contribution >= 4 is 21.8 Å². The predicted molar refractivity (Wildman–Crippen MR) is 115 cm³/mol. The van der Waals surface area contributed by atoms with Gasteiger partial charge in [-0.3, -0.25) is 9.59 Å². The fourth-order valence-corrected chi connectivity index (χ4v) is 5.13. The number of hydrogen-bond donors (Lipinski definition) is 1. The number of sulfonamides is 1. The summed E-state index contributed by atoms with van der Waals surface area (Å²) >= 11 is 0. The number of benzene rings is 2. The van der Waals surface area contributed by atoms with Crippen LogP contribution in [0.2, 0.25) is 0 Å². The van der Waals surface area contributed by atoms with Gasteiger partial charge >= 0.3 is 0 Å². The molecule has 0 bridgehead atoms. The Labute approximate surface area is 187 Å². The highest BCUT2D eigenvalue weighted by molar-refractivity contribution is 7.89. The van der Waals surface area contributed by atoms with Gasteiger partial charge in [-0.25, -0.2) is 12.8 Å². The van der Waals surface area contributed by atoms with Crippen LogP contribution in [0.1, 0.15) is 12.5 Å². The van der Waals surface area contributed by atoms with E-state index in [-0.39, 0.29) is 37.7 Å². The van der Waals surface area contributed by atoms with E-state index in [2.05, 4.69) is 5.32 Å². The molecule has 0 unspecified atom stereocenters. The van der Waals surface area contributed by atoms with E-state index >= 15 is 0 Å². The molecular formula is C22H26FN3O5S. The molecule has 0 aromatic heterocycles. The molecule has 0 saturated carbocycles. The number of piperazine rings is 1. The van der Waals surface area contributed by atoms with E-state index in [0.717, 1.165) is 4.31 Å². The van der Waals surface area contributed by atoms with Crippen molar-refractivity contribution in [2.45, 2.75) is 23.9 Å². The van der Waals surface area contributed by atoms with Crippen molar-refractivity contribution in [3.8, 4) is 0 Å².